The van der Waals surface area contributed by atoms with Gasteiger partial charge in [-0.2, -0.15) is 0 Å². The molecule has 9 nitrogen and oxygen atoms in total. The summed E-state index contributed by atoms with van der Waals surface area (Å²) in [5.41, 5.74) is 0. The van der Waals surface area contributed by atoms with E-state index in [1.807, 2.05) is 25.1 Å². The Bertz CT molecular complexity index is 996. The maximum Gasteiger partial charge on any atom is 0.240 e. The Balaban J connectivity index is 1.46. The maximum absolute atomic E-state index is 12.3. The van der Waals surface area contributed by atoms with Crippen molar-refractivity contribution < 1.29 is 13.2 Å². The average Bonchev–Trinajstić information content (AvgIpc) is 2.74. The number of ether oxygens (including phenoxy) is 1. The highest BCUT2D eigenvalue weighted by atomic mass is 32.2. The van der Waals surface area contributed by atoms with Crippen LogP contribution in [0.3, 0.4) is 0 Å². The van der Waals surface area contributed by atoms with E-state index in [2.05, 4.69) is 30.5 Å². The number of hydrogen-bond acceptors (Lipinski definition) is 8. The highest BCUT2D eigenvalue weighted by Gasteiger charge is 2.13. The van der Waals surface area contributed by atoms with E-state index in [4.69, 9.17) is 4.74 Å². The fourth-order valence-electron chi connectivity index (χ4n) is 2.40. The Morgan fingerprint density at radius 1 is 0.897 bits per heavy atom. The molecule has 10 heteroatoms. The Kier molecular flexibility index (Phi) is 6.93. The summed E-state index contributed by atoms with van der Waals surface area (Å²) in [4.78, 5) is 4.34. The van der Waals surface area contributed by atoms with Crippen molar-refractivity contribution in [2.75, 3.05) is 30.3 Å². The van der Waals surface area contributed by atoms with E-state index in [1.165, 1.54) is 12.1 Å². The van der Waals surface area contributed by atoms with E-state index in [0.717, 1.165) is 0 Å². The summed E-state index contributed by atoms with van der Waals surface area (Å²) in [5.74, 6) is 2.40. The molecule has 0 fully saturated rings. The lowest BCUT2D eigenvalue weighted by atomic mass is 10.3. The van der Waals surface area contributed by atoms with Gasteiger partial charge in [0.05, 0.1) is 11.5 Å². The molecule has 0 aliphatic rings. The van der Waals surface area contributed by atoms with Crippen molar-refractivity contribution in [3.63, 3.8) is 0 Å². The topological polar surface area (TPSA) is 118 Å². The summed E-state index contributed by atoms with van der Waals surface area (Å²) in [6.45, 7) is 2.95. The van der Waals surface area contributed by atoms with Crippen LogP contribution in [-0.4, -0.2) is 43.3 Å². The summed E-state index contributed by atoms with van der Waals surface area (Å²) in [6.07, 6.45) is 1.68. The molecule has 29 heavy (non-hydrogen) atoms. The standard InChI is InChI=1S/C19H22N6O3S/c1-2-28-15-6-8-16(9-7-15)29(26,27)22-14-13-21-18-10-11-19(25-24-18)23-17-5-3-4-12-20-17/h3-12,22H,2,13-14H2,1H3,(H,21,24)(H,20,23,25). The number of aromatic nitrogens is 3. The predicted octanol–water partition coefficient (Wildman–Crippen LogP) is 2.40. The number of anilines is 3. The van der Waals surface area contributed by atoms with Crippen LogP contribution in [0.25, 0.3) is 0 Å². The van der Waals surface area contributed by atoms with E-state index in [-0.39, 0.29) is 11.4 Å². The first kappa shape index (κ1) is 20.5. The fraction of sp³-hybridized carbons (Fsp3) is 0.211. The van der Waals surface area contributed by atoms with Gasteiger partial charge < -0.3 is 15.4 Å². The van der Waals surface area contributed by atoms with Crippen molar-refractivity contribution in [3.8, 4) is 5.75 Å². The number of rotatable bonds is 10. The van der Waals surface area contributed by atoms with Gasteiger partial charge in [0.15, 0.2) is 5.82 Å². The van der Waals surface area contributed by atoms with Gasteiger partial charge in [-0.1, -0.05) is 6.07 Å². The first-order chi connectivity index (χ1) is 14.1. The van der Waals surface area contributed by atoms with Crippen LogP contribution in [0, 0.1) is 0 Å². The van der Waals surface area contributed by atoms with E-state index in [1.54, 1.807) is 30.5 Å². The van der Waals surface area contributed by atoms with Crippen LogP contribution in [0.15, 0.2) is 65.7 Å². The second-order valence-corrected chi connectivity index (χ2v) is 7.64. The minimum absolute atomic E-state index is 0.186. The average molecular weight is 414 g/mol. The van der Waals surface area contributed by atoms with E-state index in [9.17, 15) is 8.42 Å². The third kappa shape index (κ3) is 6.13. The first-order valence-electron chi connectivity index (χ1n) is 9.05. The number of sulfonamides is 1. The molecule has 0 aliphatic heterocycles. The van der Waals surface area contributed by atoms with Crippen molar-refractivity contribution in [2.45, 2.75) is 11.8 Å². The summed E-state index contributed by atoms with van der Waals surface area (Å²) in [6, 6.07) is 15.3. The summed E-state index contributed by atoms with van der Waals surface area (Å²) in [7, 11) is -3.59. The van der Waals surface area contributed by atoms with Crippen LogP contribution in [0.4, 0.5) is 17.5 Å². The number of pyridine rings is 1. The second-order valence-electron chi connectivity index (χ2n) is 5.87. The molecule has 2 aromatic heterocycles. The smallest absolute Gasteiger partial charge is 0.240 e. The molecule has 0 amide bonds. The number of benzene rings is 1. The molecule has 1 aromatic carbocycles. The molecule has 0 spiro atoms. The van der Waals surface area contributed by atoms with Crippen LogP contribution < -0.4 is 20.1 Å². The zero-order chi connectivity index (χ0) is 20.5. The van der Waals surface area contributed by atoms with Gasteiger partial charge >= 0.3 is 0 Å². The lowest BCUT2D eigenvalue weighted by Crippen LogP contribution is -2.29. The zero-order valence-electron chi connectivity index (χ0n) is 15.9. The van der Waals surface area contributed by atoms with Crippen molar-refractivity contribution >= 4 is 27.5 Å². The monoisotopic (exact) mass is 414 g/mol. The lowest BCUT2D eigenvalue weighted by molar-refractivity contribution is 0.340. The van der Waals surface area contributed by atoms with Gasteiger partial charge in [0.1, 0.15) is 17.4 Å². The SMILES string of the molecule is CCOc1ccc(S(=O)(=O)NCCNc2ccc(Nc3ccccn3)nn2)cc1. The second kappa shape index (κ2) is 9.80. The zero-order valence-corrected chi connectivity index (χ0v) is 16.7. The van der Waals surface area contributed by atoms with Gasteiger partial charge in [0.2, 0.25) is 10.0 Å². The molecular formula is C19H22N6O3S. The van der Waals surface area contributed by atoms with Crippen LogP contribution in [-0.2, 0) is 10.0 Å². The Morgan fingerprint density at radius 2 is 1.66 bits per heavy atom. The molecule has 0 saturated heterocycles. The van der Waals surface area contributed by atoms with E-state index >= 15 is 0 Å². The molecule has 0 radical (unpaired) electrons. The molecule has 0 saturated carbocycles. The molecule has 3 rings (SSSR count). The number of hydrogen-bond donors (Lipinski definition) is 3. The summed E-state index contributed by atoms with van der Waals surface area (Å²) in [5, 5.41) is 14.2. The van der Waals surface area contributed by atoms with Crippen LogP contribution in [0.5, 0.6) is 5.75 Å². The molecule has 0 atom stereocenters. The summed E-state index contributed by atoms with van der Waals surface area (Å²) >= 11 is 0. The quantitative estimate of drug-likeness (QED) is 0.433. The predicted molar refractivity (Wildman–Crippen MR) is 111 cm³/mol. The molecule has 0 bridgehead atoms. The maximum atomic E-state index is 12.3. The highest BCUT2D eigenvalue weighted by Crippen LogP contribution is 2.16. The molecule has 3 N–H and O–H groups in total. The lowest BCUT2D eigenvalue weighted by Gasteiger charge is -2.09. The van der Waals surface area contributed by atoms with Crippen molar-refractivity contribution in [2.24, 2.45) is 0 Å². The van der Waals surface area contributed by atoms with Crippen LogP contribution >= 0.6 is 0 Å². The van der Waals surface area contributed by atoms with Crippen molar-refractivity contribution in [1.82, 2.24) is 19.9 Å². The van der Waals surface area contributed by atoms with Gasteiger partial charge in [0.25, 0.3) is 0 Å². The Labute approximate surface area is 169 Å². The van der Waals surface area contributed by atoms with E-state index < -0.39 is 10.0 Å². The van der Waals surface area contributed by atoms with Gasteiger partial charge in [-0.25, -0.2) is 18.1 Å². The first-order valence-corrected chi connectivity index (χ1v) is 10.5. The van der Waals surface area contributed by atoms with Gasteiger partial charge in [-0.15, -0.1) is 10.2 Å². The minimum atomic E-state index is -3.59. The fourth-order valence-corrected chi connectivity index (χ4v) is 3.43. The van der Waals surface area contributed by atoms with Crippen molar-refractivity contribution in [3.05, 3.63) is 60.8 Å². The third-order valence-corrected chi connectivity index (χ3v) is 5.23. The van der Waals surface area contributed by atoms with Crippen LogP contribution in [0.2, 0.25) is 0 Å². The minimum Gasteiger partial charge on any atom is -0.494 e. The summed E-state index contributed by atoms with van der Waals surface area (Å²) < 4.78 is 32.5. The molecule has 0 unspecified atom stereocenters. The third-order valence-electron chi connectivity index (χ3n) is 3.75. The van der Waals surface area contributed by atoms with Gasteiger partial charge in [-0.3, -0.25) is 0 Å². The largest absolute Gasteiger partial charge is 0.494 e. The number of nitrogens with one attached hydrogen (secondary N) is 3. The highest BCUT2D eigenvalue weighted by molar-refractivity contribution is 7.89. The Morgan fingerprint density at radius 3 is 2.31 bits per heavy atom. The van der Waals surface area contributed by atoms with E-state index in [0.29, 0.717) is 36.4 Å². The molecular weight excluding hydrogens is 392 g/mol. The number of nitrogens with zero attached hydrogens (tertiary/aromatic N) is 3. The normalized spacial score (nSPS) is 11.1. The molecule has 3 aromatic rings. The van der Waals surface area contributed by atoms with Gasteiger partial charge in [0, 0.05) is 19.3 Å². The molecule has 152 valence electrons. The Hall–Kier alpha value is -3.24. The molecule has 0 aliphatic carbocycles. The van der Waals surface area contributed by atoms with Crippen LogP contribution in [0.1, 0.15) is 6.92 Å². The molecule has 2 heterocycles. The van der Waals surface area contributed by atoms with Crippen molar-refractivity contribution in [1.29, 1.82) is 0 Å². The van der Waals surface area contributed by atoms with Gasteiger partial charge in [-0.05, 0) is 55.5 Å².